The Balaban J connectivity index is 2.11. The smallest absolute Gasteiger partial charge is 0.266 e. The molecule has 2 rings (SSSR count). The summed E-state index contributed by atoms with van der Waals surface area (Å²) in [5.74, 6) is -0.0673. The predicted molar refractivity (Wildman–Crippen MR) is 96.8 cm³/mol. The average Bonchev–Trinajstić information content (AvgIpc) is 2.88. The minimum Gasteiger partial charge on any atom is -0.321 e. The van der Waals surface area contributed by atoms with Crippen LogP contribution in [0.15, 0.2) is 39.0 Å². The van der Waals surface area contributed by atoms with Crippen molar-refractivity contribution >= 4 is 50.6 Å². The van der Waals surface area contributed by atoms with Gasteiger partial charge in [-0.1, -0.05) is 13.8 Å². The van der Waals surface area contributed by atoms with Crippen molar-refractivity contribution in [1.29, 1.82) is 0 Å². The van der Waals surface area contributed by atoms with Crippen LogP contribution in [0.4, 0.5) is 5.69 Å². The molecule has 112 valence electrons. The molecule has 1 aromatic carbocycles. The van der Waals surface area contributed by atoms with Crippen molar-refractivity contribution in [3.05, 3.63) is 44.6 Å². The van der Waals surface area contributed by atoms with Crippen molar-refractivity contribution in [3.8, 4) is 0 Å². The minimum absolute atomic E-state index is 0.0673. The lowest BCUT2D eigenvalue weighted by atomic mass is 10.2. The summed E-state index contributed by atoms with van der Waals surface area (Å²) in [5, 5.41) is 5.48. The number of halogens is 1. The summed E-state index contributed by atoms with van der Waals surface area (Å²) < 4.78 is 0.839. The highest BCUT2D eigenvalue weighted by atomic mass is 79.9. The lowest BCUT2D eigenvalue weighted by Crippen LogP contribution is -2.11. The van der Waals surface area contributed by atoms with Gasteiger partial charge >= 0.3 is 0 Å². The molecule has 0 aliphatic rings. The van der Waals surface area contributed by atoms with Gasteiger partial charge in [0.1, 0.15) is 4.88 Å². The molecular formula is C16H18BrNOS2. The van der Waals surface area contributed by atoms with Crippen molar-refractivity contribution < 1.29 is 4.79 Å². The van der Waals surface area contributed by atoms with Crippen LogP contribution in [0.3, 0.4) is 0 Å². The quantitative estimate of drug-likeness (QED) is 0.644. The Kier molecular flexibility index (Phi) is 5.90. The lowest BCUT2D eigenvalue weighted by Gasteiger charge is -2.12. The van der Waals surface area contributed by atoms with E-state index in [0.29, 0.717) is 10.1 Å². The van der Waals surface area contributed by atoms with E-state index in [0.717, 1.165) is 22.1 Å². The van der Waals surface area contributed by atoms with Crippen LogP contribution in [0.2, 0.25) is 0 Å². The van der Waals surface area contributed by atoms with Gasteiger partial charge in [-0.25, -0.2) is 0 Å². The van der Waals surface area contributed by atoms with E-state index >= 15 is 0 Å². The molecule has 0 radical (unpaired) electrons. The average molecular weight is 384 g/mol. The van der Waals surface area contributed by atoms with Gasteiger partial charge in [0.2, 0.25) is 0 Å². The van der Waals surface area contributed by atoms with Gasteiger partial charge in [-0.3, -0.25) is 4.79 Å². The fourth-order valence-corrected chi connectivity index (χ4v) is 4.27. The predicted octanol–water partition coefficient (Wildman–Crippen LogP) is 5.96. The van der Waals surface area contributed by atoms with Gasteiger partial charge in [0.15, 0.2) is 0 Å². The Morgan fingerprint density at radius 2 is 2.19 bits per heavy atom. The molecule has 0 fully saturated rings. The number of rotatable bonds is 5. The Labute approximate surface area is 142 Å². The topological polar surface area (TPSA) is 29.1 Å². The fourth-order valence-electron chi connectivity index (χ4n) is 1.80. The molecule has 1 aromatic heterocycles. The van der Waals surface area contributed by atoms with E-state index in [2.05, 4.69) is 47.2 Å². The first-order valence-electron chi connectivity index (χ1n) is 6.83. The molecule has 1 amide bonds. The molecular weight excluding hydrogens is 366 g/mol. The first kappa shape index (κ1) is 16.6. The second-order valence-corrected chi connectivity index (χ2v) is 8.15. The summed E-state index contributed by atoms with van der Waals surface area (Å²) in [6.07, 6.45) is 1.15. The van der Waals surface area contributed by atoms with Crippen molar-refractivity contribution in [2.24, 2.45) is 0 Å². The fraction of sp³-hybridized carbons (Fsp3) is 0.312. The molecule has 0 bridgehead atoms. The summed E-state index contributed by atoms with van der Waals surface area (Å²) in [4.78, 5) is 14.2. The Morgan fingerprint density at radius 1 is 1.43 bits per heavy atom. The highest BCUT2D eigenvalue weighted by molar-refractivity contribution is 9.10. The van der Waals surface area contributed by atoms with Gasteiger partial charge in [-0.15, -0.1) is 23.1 Å². The number of thioether (sulfide) groups is 1. The van der Waals surface area contributed by atoms with Crippen LogP contribution < -0.4 is 5.32 Å². The molecule has 1 unspecified atom stereocenters. The summed E-state index contributed by atoms with van der Waals surface area (Å²) in [6, 6.07) is 8.08. The molecule has 2 aromatic rings. The molecule has 2 nitrogen and oxygen atoms in total. The number of anilines is 1. The molecule has 1 heterocycles. The van der Waals surface area contributed by atoms with Crippen LogP contribution in [0.5, 0.6) is 0 Å². The van der Waals surface area contributed by atoms with E-state index in [9.17, 15) is 4.79 Å². The second-order valence-electron chi connectivity index (χ2n) is 4.87. The van der Waals surface area contributed by atoms with Crippen LogP contribution in [0, 0.1) is 6.92 Å². The minimum atomic E-state index is -0.0673. The third kappa shape index (κ3) is 4.34. The number of nitrogens with one attached hydrogen (secondary N) is 1. The molecule has 0 saturated carbocycles. The number of carbonyl (C=O) groups excluding carboxylic acids is 1. The Bertz CT molecular complexity index is 639. The van der Waals surface area contributed by atoms with E-state index in [4.69, 9.17) is 0 Å². The van der Waals surface area contributed by atoms with Crippen molar-refractivity contribution in [2.75, 3.05) is 5.32 Å². The molecule has 21 heavy (non-hydrogen) atoms. The van der Waals surface area contributed by atoms with E-state index < -0.39 is 0 Å². The van der Waals surface area contributed by atoms with Gasteiger partial charge in [0.05, 0.1) is 0 Å². The number of thiophene rings is 1. The molecule has 1 atom stereocenters. The van der Waals surface area contributed by atoms with E-state index in [1.54, 1.807) is 0 Å². The van der Waals surface area contributed by atoms with Crippen LogP contribution in [-0.2, 0) is 0 Å². The highest BCUT2D eigenvalue weighted by Crippen LogP contribution is 2.29. The van der Waals surface area contributed by atoms with Gasteiger partial charge < -0.3 is 5.32 Å². The molecule has 0 aliphatic carbocycles. The zero-order valence-corrected chi connectivity index (χ0v) is 15.5. The molecule has 0 saturated heterocycles. The third-order valence-electron chi connectivity index (χ3n) is 3.18. The normalized spacial score (nSPS) is 12.2. The third-order valence-corrected chi connectivity index (χ3v) is 6.28. The van der Waals surface area contributed by atoms with Crippen LogP contribution in [0.1, 0.15) is 35.5 Å². The highest BCUT2D eigenvalue weighted by Gasteiger charge is 2.13. The Morgan fingerprint density at radius 3 is 2.76 bits per heavy atom. The van der Waals surface area contributed by atoms with Crippen molar-refractivity contribution in [3.63, 3.8) is 0 Å². The van der Waals surface area contributed by atoms with E-state index in [1.807, 2.05) is 36.2 Å². The van der Waals surface area contributed by atoms with Crippen LogP contribution >= 0.6 is 39.0 Å². The number of carbonyl (C=O) groups is 1. The second kappa shape index (κ2) is 7.47. The zero-order chi connectivity index (χ0) is 15.4. The molecule has 0 aliphatic heterocycles. The number of amides is 1. The Hall–Kier alpha value is -0.780. The summed E-state index contributed by atoms with van der Waals surface area (Å²) in [7, 11) is 0. The van der Waals surface area contributed by atoms with Crippen LogP contribution in [0.25, 0.3) is 0 Å². The van der Waals surface area contributed by atoms with E-state index in [1.165, 1.54) is 16.2 Å². The maximum Gasteiger partial charge on any atom is 0.266 e. The lowest BCUT2D eigenvalue weighted by molar-refractivity contribution is 0.103. The van der Waals surface area contributed by atoms with E-state index in [-0.39, 0.29) is 5.91 Å². The molecule has 0 spiro atoms. The first-order valence-corrected chi connectivity index (χ1v) is 9.38. The van der Waals surface area contributed by atoms with Gasteiger partial charge in [0.25, 0.3) is 5.91 Å². The summed E-state index contributed by atoms with van der Waals surface area (Å²) in [6.45, 7) is 6.45. The van der Waals surface area contributed by atoms with Gasteiger partial charge in [0, 0.05) is 20.3 Å². The first-order chi connectivity index (χ1) is 10.0. The zero-order valence-electron chi connectivity index (χ0n) is 12.3. The van der Waals surface area contributed by atoms with Gasteiger partial charge in [-0.2, -0.15) is 0 Å². The largest absolute Gasteiger partial charge is 0.321 e. The number of benzene rings is 1. The molecule has 1 N–H and O–H groups in total. The molecule has 5 heteroatoms. The number of aryl methyl sites for hydroxylation is 1. The van der Waals surface area contributed by atoms with Crippen molar-refractivity contribution in [2.45, 2.75) is 37.3 Å². The maximum absolute atomic E-state index is 12.2. The maximum atomic E-state index is 12.2. The summed E-state index contributed by atoms with van der Waals surface area (Å²) >= 11 is 6.69. The standard InChI is InChI=1S/C16H18BrNOS2/c1-4-11(3)21-12-5-6-14(10(2)9-12)18-16(19)15-13(17)7-8-20-15/h5-9,11H,4H2,1-3H3,(H,18,19). The monoisotopic (exact) mass is 383 g/mol. The number of hydrogen-bond donors (Lipinski definition) is 1. The SMILES string of the molecule is CCC(C)Sc1ccc(NC(=O)c2sccc2Br)c(C)c1. The van der Waals surface area contributed by atoms with Crippen molar-refractivity contribution in [1.82, 2.24) is 0 Å². The number of hydrogen-bond acceptors (Lipinski definition) is 3. The van der Waals surface area contributed by atoms with Gasteiger partial charge in [-0.05, 0) is 64.5 Å². The summed E-state index contributed by atoms with van der Waals surface area (Å²) in [5.41, 5.74) is 1.96. The van der Waals surface area contributed by atoms with Crippen LogP contribution in [-0.4, -0.2) is 11.2 Å².